The van der Waals surface area contributed by atoms with Crippen LogP contribution < -0.4 is 0 Å². The highest BCUT2D eigenvalue weighted by Crippen LogP contribution is 2.16. The van der Waals surface area contributed by atoms with Crippen molar-refractivity contribution in [1.82, 2.24) is 0 Å². The molecule has 0 rings (SSSR count). The summed E-state index contributed by atoms with van der Waals surface area (Å²) in [7, 11) is 2.58. The van der Waals surface area contributed by atoms with Crippen LogP contribution in [0.15, 0.2) is 0 Å². The van der Waals surface area contributed by atoms with Crippen molar-refractivity contribution in [3.8, 4) is 0 Å². The van der Waals surface area contributed by atoms with Gasteiger partial charge in [-0.2, -0.15) is 0 Å². The fraction of sp³-hybridized carbons (Fsp3) is 0.714. The van der Waals surface area contributed by atoms with Gasteiger partial charge in [0, 0.05) is 0 Å². The van der Waals surface area contributed by atoms with Gasteiger partial charge in [-0.3, -0.25) is 9.59 Å². The molecule has 0 aromatic carbocycles. The summed E-state index contributed by atoms with van der Waals surface area (Å²) >= 11 is 6.18. The highest BCUT2D eigenvalue weighted by Gasteiger charge is 2.24. The van der Waals surface area contributed by atoms with Crippen LogP contribution >= 0.6 is 31.9 Å². The minimum absolute atomic E-state index is 0.291. The summed E-state index contributed by atoms with van der Waals surface area (Å²) in [6.45, 7) is 0. The second-order valence-corrected chi connectivity index (χ2v) is 4.43. The Morgan fingerprint density at radius 3 is 1.62 bits per heavy atom. The number of rotatable bonds is 4. The van der Waals surface area contributed by atoms with Crippen LogP contribution in [0, 0.1) is 0 Å². The van der Waals surface area contributed by atoms with Crippen molar-refractivity contribution in [1.29, 1.82) is 0 Å². The zero-order valence-corrected chi connectivity index (χ0v) is 10.4. The molecule has 0 saturated carbocycles. The number of halogens is 2. The van der Waals surface area contributed by atoms with E-state index in [1.807, 2.05) is 0 Å². The van der Waals surface area contributed by atoms with Gasteiger partial charge in [0.05, 0.1) is 14.2 Å². The molecule has 0 aliphatic carbocycles. The minimum Gasteiger partial charge on any atom is -0.468 e. The number of hydrogen-bond donors (Lipinski definition) is 0. The third kappa shape index (κ3) is 4.61. The summed E-state index contributed by atoms with van der Waals surface area (Å²) in [4.78, 5) is 20.8. The number of esters is 2. The van der Waals surface area contributed by atoms with Crippen molar-refractivity contribution in [2.75, 3.05) is 14.2 Å². The highest BCUT2D eigenvalue weighted by molar-refractivity contribution is 9.10. The number of carbonyl (C=O) groups is 2. The van der Waals surface area contributed by atoms with Crippen LogP contribution in [0.25, 0.3) is 0 Å². The molecule has 6 heteroatoms. The monoisotopic (exact) mass is 316 g/mol. The molecule has 2 atom stereocenters. The predicted molar refractivity (Wildman–Crippen MR) is 54.1 cm³/mol. The van der Waals surface area contributed by atoms with Gasteiger partial charge in [0.15, 0.2) is 0 Å². The van der Waals surface area contributed by atoms with Crippen molar-refractivity contribution in [2.45, 2.75) is 16.1 Å². The van der Waals surface area contributed by atoms with E-state index in [1.165, 1.54) is 14.2 Å². The molecular formula is C7H10Br2O4. The molecule has 0 aromatic heterocycles. The lowest BCUT2D eigenvalue weighted by Crippen LogP contribution is -2.24. The van der Waals surface area contributed by atoms with Gasteiger partial charge in [-0.15, -0.1) is 0 Å². The average molecular weight is 318 g/mol. The SMILES string of the molecule is COC(=O)[C@@H](Br)C[C@H](Br)C(=O)OC. The van der Waals surface area contributed by atoms with Crippen LogP contribution in [0.2, 0.25) is 0 Å². The fourth-order valence-corrected chi connectivity index (χ4v) is 2.25. The minimum atomic E-state index is -0.499. The van der Waals surface area contributed by atoms with Gasteiger partial charge in [-0.1, -0.05) is 31.9 Å². The number of carbonyl (C=O) groups excluding carboxylic acids is 2. The van der Waals surface area contributed by atoms with Gasteiger partial charge in [-0.05, 0) is 6.42 Å². The molecule has 4 nitrogen and oxygen atoms in total. The first-order chi connectivity index (χ1) is 6.02. The van der Waals surface area contributed by atoms with Crippen LogP contribution in [0.4, 0.5) is 0 Å². The molecule has 0 N–H and O–H groups in total. The van der Waals surface area contributed by atoms with Crippen molar-refractivity contribution in [2.24, 2.45) is 0 Å². The zero-order chi connectivity index (χ0) is 10.4. The summed E-state index contributed by atoms with van der Waals surface area (Å²) in [5.74, 6) is -0.818. The summed E-state index contributed by atoms with van der Waals surface area (Å²) in [5.41, 5.74) is 0. The third-order valence-corrected chi connectivity index (χ3v) is 2.82. The molecule has 0 radical (unpaired) electrons. The molecule has 0 saturated heterocycles. The Morgan fingerprint density at radius 2 is 1.38 bits per heavy atom. The van der Waals surface area contributed by atoms with Crippen LogP contribution in [0.3, 0.4) is 0 Å². The summed E-state index contributed by atoms with van der Waals surface area (Å²) in [6.07, 6.45) is 0.291. The molecule has 0 bridgehead atoms. The number of hydrogen-bond acceptors (Lipinski definition) is 4. The second-order valence-electron chi connectivity index (χ2n) is 2.22. The average Bonchev–Trinajstić information content (AvgIpc) is 2.14. The van der Waals surface area contributed by atoms with Crippen molar-refractivity contribution >= 4 is 43.8 Å². The van der Waals surface area contributed by atoms with Crippen molar-refractivity contribution in [3.63, 3.8) is 0 Å². The van der Waals surface area contributed by atoms with E-state index in [4.69, 9.17) is 0 Å². The quantitative estimate of drug-likeness (QED) is 0.578. The molecule has 0 aliphatic rings. The zero-order valence-electron chi connectivity index (χ0n) is 7.25. The Bertz CT molecular complexity index is 175. The lowest BCUT2D eigenvalue weighted by Gasteiger charge is -2.10. The van der Waals surface area contributed by atoms with Crippen LogP contribution in [-0.4, -0.2) is 35.8 Å². The summed E-state index contributed by atoms with van der Waals surface area (Å²) in [5, 5.41) is 0. The maximum Gasteiger partial charge on any atom is 0.319 e. The predicted octanol–water partition coefficient (Wildman–Crippen LogP) is 1.25. The van der Waals surface area contributed by atoms with E-state index in [1.54, 1.807) is 0 Å². The lowest BCUT2D eigenvalue weighted by molar-refractivity contribution is -0.141. The fourth-order valence-electron chi connectivity index (χ4n) is 0.630. The van der Waals surface area contributed by atoms with Crippen LogP contribution in [-0.2, 0) is 19.1 Å². The topological polar surface area (TPSA) is 52.6 Å². The molecule has 0 spiro atoms. The Morgan fingerprint density at radius 1 is 1.08 bits per heavy atom. The Labute approximate surface area is 93.2 Å². The number of alkyl halides is 2. The van der Waals surface area contributed by atoms with E-state index in [2.05, 4.69) is 41.3 Å². The lowest BCUT2D eigenvalue weighted by atomic mass is 10.2. The van der Waals surface area contributed by atoms with Gasteiger partial charge in [0.2, 0.25) is 0 Å². The van der Waals surface area contributed by atoms with Gasteiger partial charge in [-0.25, -0.2) is 0 Å². The summed E-state index contributed by atoms with van der Waals surface area (Å²) < 4.78 is 8.93. The first-order valence-electron chi connectivity index (χ1n) is 3.46. The smallest absolute Gasteiger partial charge is 0.319 e. The van der Waals surface area contributed by atoms with Crippen molar-refractivity contribution < 1.29 is 19.1 Å². The molecule has 0 fully saturated rings. The van der Waals surface area contributed by atoms with E-state index >= 15 is 0 Å². The van der Waals surface area contributed by atoms with E-state index in [9.17, 15) is 9.59 Å². The molecule has 13 heavy (non-hydrogen) atoms. The Hall–Kier alpha value is -0.100. The molecular weight excluding hydrogens is 308 g/mol. The Balaban J connectivity index is 3.98. The third-order valence-electron chi connectivity index (χ3n) is 1.33. The van der Waals surface area contributed by atoms with Gasteiger partial charge < -0.3 is 9.47 Å². The maximum absolute atomic E-state index is 10.9. The molecule has 76 valence electrons. The maximum atomic E-state index is 10.9. The van der Waals surface area contributed by atoms with Gasteiger partial charge in [0.1, 0.15) is 9.65 Å². The standard InChI is InChI=1S/C7H10Br2O4/c1-12-6(10)4(8)3-5(9)7(11)13-2/h4-5H,3H2,1-2H3/t4-,5-/m0/s1. The molecule has 0 aromatic rings. The van der Waals surface area contributed by atoms with Crippen LogP contribution in [0.5, 0.6) is 0 Å². The van der Waals surface area contributed by atoms with Crippen LogP contribution in [0.1, 0.15) is 6.42 Å². The first-order valence-corrected chi connectivity index (χ1v) is 5.29. The molecule has 0 heterocycles. The van der Waals surface area contributed by atoms with E-state index in [-0.39, 0.29) is 0 Å². The van der Waals surface area contributed by atoms with E-state index in [0.717, 1.165) is 0 Å². The van der Waals surface area contributed by atoms with E-state index < -0.39 is 21.6 Å². The van der Waals surface area contributed by atoms with Gasteiger partial charge in [0.25, 0.3) is 0 Å². The first kappa shape index (κ1) is 12.9. The van der Waals surface area contributed by atoms with Gasteiger partial charge >= 0.3 is 11.9 Å². The molecule has 0 unspecified atom stereocenters. The second kappa shape index (κ2) is 6.37. The van der Waals surface area contributed by atoms with E-state index in [0.29, 0.717) is 6.42 Å². The highest BCUT2D eigenvalue weighted by atomic mass is 79.9. The van der Waals surface area contributed by atoms with Crippen molar-refractivity contribution in [3.05, 3.63) is 0 Å². The Kier molecular flexibility index (Phi) is 6.32. The molecule has 0 amide bonds. The number of methoxy groups -OCH3 is 2. The molecule has 0 aliphatic heterocycles. The largest absolute Gasteiger partial charge is 0.468 e. The normalized spacial score (nSPS) is 14.5. The summed E-state index contributed by atoms with van der Waals surface area (Å²) in [6, 6.07) is 0. The number of ether oxygens (including phenoxy) is 2.